The number of aliphatic hydroxyl groups is 1. The Kier molecular flexibility index (Phi) is 2.70. The quantitative estimate of drug-likeness (QED) is 0.771. The number of fused-ring (bicyclic) bond motifs is 1. The van der Waals surface area contributed by atoms with Crippen LogP contribution in [0, 0.1) is 0 Å². The zero-order valence-electron chi connectivity index (χ0n) is 8.72. The molecule has 1 unspecified atom stereocenters. The first-order valence-electron chi connectivity index (χ1n) is 5.00. The number of aryl methyl sites for hydroxylation is 1. The van der Waals surface area contributed by atoms with E-state index < -0.39 is 0 Å². The standard InChI is InChI=1S/C11H15N3O/c1-14-10-5-3-2-4-9(10)11(13-14)8(6-12)7-15/h2-5,8,15H,6-7,12H2,1H3. The molecule has 1 atom stereocenters. The van der Waals surface area contributed by atoms with E-state index in [1.807, 2.05) is 36.0 Å². The molecule has 0 saturated heterocycles. The van der Waals surface area contributed by atoms with E-state index in [0.717, 1.165) is 16.6 Å². The summed E-state index contributed by atoms with van der Waals surface area (Å²) in [5.74, 6) is -0.0731. The summed E-state index contributed by atoms with van der Waals surface area (Å²) in [6.45, 7) is 0.453. The van der Waals surface area contributed by atoms with Crippen LogP contribution in [0.5, 0.6) is 0 Å². The molecule has 0 amide bonds. The highest BCUT2D eigenvalue weighted by atomic mass is 16.3. The average Bonchev–Trinajstić information content (AvgIpc) is 2.60. The van der Waals surface area contributed by atoms with E-state index in [1.54, 1.807) is 0 Å². The van der Waals surface area contributed by atoms with Gasteiger partial charge < -0.3 is 10.8 Å². The fourth-order valence-corrected chi connectivity index (χ4v) is 1.82. The number of aromatic nitrogens is 2. The second kappa shape index (κ2) is 4.00. The summed E-state index contributed by atoms with van der Waals surface area (Å²) in [7, 11) is 1.90. The molecule has 0 spiro atoms. The Labute approximate surface area is 88.3 Å². The summed E-state index contributed by atoms with van der Waals surface area (Å²) in [4.78, 5) is 0. The summed E-state index contributed by atoms with van der Waals surface area (Å²) < 4.78 is 1.82. The zero-order valence-corrected chi connectivity index (χ0v) is 8.72. The smallest absolute Gasteiger partial charge is 0.0769 e. The lowest BCUT2D eigenvalue weighted by atomic mass is 10.0. The van der Waals surface area contributed by atoms with Crippen molar-refractivity contribution in [3.8, 4) is 0 Å². The highest BCUT2D eigenvalue weighted by molar-refractivity contribution is 5.82. The van der Waals surface area contributed by atoms with Crippen molar-refractivity contribution in [1.82, 2.24) is 9.78 Å². The molecule has 1 aromatic carbocycles. The second-order valence-corrected chi connectivity index (χ2v) is 3.64. The first kappa shape index (κ1) is 10.1. The summed E-state index contributed by atoms with van der Waals surface area (Å²) >= 11 is 0. The molecule has 1 heterocycles. The minimum absolute atomic E-state index is 0.0392. The van der Waals surface area contributed by atoms with Crippen molar-refractivity contribution in [2.45, 2.75) is 5.92 Å². The van der Waals surface area contributed by atoms with Crippen molar-refractivity contribution in [1.29, 1.82) is 0 Å². The minimum Gasteiger partial charge on any atom is -0.396 e. The second-order valence-electron chi connectivity index (χ2n) is 3.64. The molecule has 80 valence electrons. The van der Waals surface area contributed by atoms with Crippen molar-refractivity contribution < 1.29 is 5.11 Å². The van der Waals surface area contributed by atoms with Crippen LogP contribution in [0.4, 0.5) is 0 Å². The molecule has 0 fully saturated rings. The number of benzene rings is 1. The number of hydrogen-bond acceptors (Lipinski definition) is 3. The number of aliphatic hydroxyl groups excluding tert-OH is 1. The Hall–Kier alpha value is -1.39. The summed E-state index contributed by atoms with van der Waals surface area (Å²) in [5.41, 5.74) is 7.56. The Morgan fingerprint density at radius 3 is 2.87 bits per heavy atom. The van der Waals surface area contributed by atoms with E-state index in [4.69, 9.17) is 5.73 Å². The topological polar surface area (TPSA) is 64.1 Å². The van der Waals surface area contributed by atoms with Gasteiger partial charge >= 0.3 is 0 Å². The number of para-hydroxylation sites is 1. The molecule has 0 radical (unpaired) electrons. The zero-order chi connectivity index (χ0) is 10.8. The van der Waals surface area contributed by atoms with Crippen LogP contribution in [0.25, 0.3) is 10.9 Å². The van der Waals surface area contributed by atoms with Crippen LogP contribution >= 0.6 is 0 Å². The molecule has 4 heteroatoms. The van der Waals surface area contributed by atoms with E-state index in [9.17, 15) is 5.11 Å². The molecule has 4 nitrogen and oxygen atoms in total. The van der Waals surface area contributed by atoms with Crippen LogP contribution in [0.2, 0.25) is 0 Å². The number of nitrogens with zero attached hydrogens (tertiary/aromatic N) is 2. The van der Waals surface area contributed by atoms with Crippen LogP contribution in [0.3, 0.4) is 0 Å². The summed E-state index contributed by atoms with van der Waals surface area (Å²) in [6, 6.07) is 7.97. The molecule has 15 heavy (non-hydrogen) atoms. The van der Waals surface area contributed by atoms with Crippen LogP contribution in [-0.4, -0.2) is 28.0 Å². The maximum absolute atomic E-state index is 9.22. The van der Waals surface area contributed by atoms with Crippen molar-refractivity contribution >= 4 is 10.9 Å². The lowest BCUT2D eigenvalue weighted by Gasteiger charge is -2.07. The van der Waals surface area contributed by atoms with Gasteiger partial charge in [-0.05, 0) is 6.07 Å². The molecule has 0 saturated carbocycles. The first-order valence-corrected chi connectivity index (χ1v) is 5.00. The third-order valence-electron chi connectivity index (χ3n) is 2.68. The molecule has 0 aliphatic rings. The number of rotatable bonds is 3. The van der Waals surface area contributed by atoms with Crippen LogP contribution < -0.4 is 5.73 Å². The lowest BCUT2D eigenvalue weighted by molar-refractivity contribution is 0.266. The van der Waals surface area contributed by atoms with Gasteiger partial charge in [-0.25, -0.2) is 0 Å². The molecule has 2 aromatic rings. The normalized spacial score (nSPS) is 13.3. The lowest BCUT2D eigenvalue weighted by Crippen LogP contribution is -2.17. The third-order valence-corrected chi connectivity index (χ3v) is 2.68. The summed E-state index contributed by atoms with van der Waals surface area (Å²) in [6.07, 6.45) is 0. The number of nitrogens with two attached hydrogens (primary N) is 1. The van der Waals surface area contributed by atoms with Gasteiger partial charge in [0.25, 0.3) is 0 Å². The monoisotopic (exact) mass is 205 g/mol. The molecular formula is C11H15N3O. The van der Waals surface area contributed by atoms with Gasteiger partial charge in [0.15, 0.2) is 0 Å². The van der Waals surface area contributed by atoms with Crippen molar-refractivity contribution in [3.63, 3.8) is 0 Å². The maximum atomic E-state index is 9.22. The van der Waals surface area contributed by atoms with Crippen molar-refractivity contribution in [3.05, 3.63) is 30.0 Å². The summed E-state index contributed by atoms with van der Waals surface area (Å²) in [5, 5.41) is 14.7. The van der Waals surface area contributed by atoms with Crippen LogP contribution in [0.15, 0.2) is 24.3 Å². The SMILES string of the molecule is Cn1nc(C(CN)CO)c2ccccc21. The van der Waals surface area contributed by atoms with Crippen molar-refractivity contribution in [2.75, 3.05) is 13.2 Å². The van der Waals surface area contributed by atoms with Gasteiger partial charge in [0.05, 0.1) is 17.8 Å². The van der Waals surface area contributed by atoms with Crippen molar-refractivity contribution in [2.24, 2.45) is 12.8 Å². The van der Waals surface area contributed by atoms with Gasteiger partial charge in [-0.3, -0.25) is 4.68 Å². The molecule has 1 aromatic heterocycles. The maximum Gasteiger partial charge on any atom is 0.0769 e. The highest BCUT2D eigenvalue weighted by Crippen LogP contribution is 2.23. The van der Waals surface area contributed by atoms with Gasteiger partial charge in [-0.1, -0.05) is 18.2 Å². The predicted molar refractivity (Wildman–Crippen MR) is 59.6 cm³/mol. The molecular weight excluding hydrogens is 190 g/mol. The van der Waals surface area contributed by atoms with Gasteiger partial charge in [-0.2, -0.15) is 5.10 Å². The Morgan fingerprint density at radius 1 is 1.47 bits per heavy atom. The largest absolute Gasteiger partial charge is 0.396 e. The van der Waals surface area contributed by atoms with Crippen LogP contribution in [0.1, 0.15) is 11.6 Å². The van der Waals surface area contributed by atoms with E-state index in [1.165, 1.54) is 0 Å². The first-order chi connectivity index (χ1) is 7.27. The third kappa shape index (κ3) is 1.62. The fraction of sp³-hybridized carbons (Fsp3) is 0.364. The van der Waals surface area contributed by atoms with Crippen LogP contribution in [-0.2, 0) is 7.05 Å². The van der Waals surface area contributed by atoms with E-state index in [0.29, 0.717) is 6.54 Å². The minimum atomic E-state index is -0.0731. The van der Waals surface area contributed by atoms with Gasteiger partial charge in [0.2, 0.25) is 0 Å². The molecule has 0 aliphatic heterocycles. The fourth-order valence-electron chi connectivity index (χ4n) is 1.82. The van der Waals surface area contributed by atoms with E-state index in [2.05, 4.69) is 5.10 Å². The van der Waals surface area contributed by atoms with Gasteiger partial charge in [0, 0.05) is 24.9 Å². The van der Waals surface area contributed by atoms with Gasteiger partial charge in [0.1, 0.15) is 0 Å². The molecule has 2 rings (SSSR count). The molecule has 0 bridgehead atoms. The van der Waals surface area contributed by atoms with E-state index in [-0.39, 0.29) is 12.5 Å². The Morgan fingerprint density at radius 2 is 2.20 bits per heavy atom. The Bertz CT molecular complexity index is 460. The Balaban J connectivity index is 2.61. The number of hydrogen-bond donors (Lipinski definition) is 2. The highest BCUT2D eigenvalue weighted by Gasteiger charge is 2.16. The molecule has 3 N–H and O–H groups in total. The predicted octanol–water partition coefficient (Wildman–Crippen LogP) is 0.608. The van der Waals surface area contributed by atoms with E-state index >= 15 is 0 Å². The van der Waals surface area contributed by atoms with Gasteiger partial charge in [-0.15, -0.1) is 0 Å². The average molecular weight is 205 g/mol. The molecule has 0 aliphatic carbocycles.